The molecule has 0 saturated carbocycles. The lowest BCUT2D eigenvalue weighted by Gasteiger charge is -2.27. The number of amides is 4. The number of ether oxygens (including phenoxy) is 3. The van der Waals surface area contributed by atoms with E-state index >= 15 is 0 Å². The Morgan fingerprint density at radius 2 is 1.39 bits per heavy atom. The van der Waals surface area contributed by atoms with E-state index in [1.165, 1.54) is 62.5 Å². The minimum absolute atomic E-state index is 0.0357. The molecule has 4 amide bonds. The lowest BCUT2D eigenvalue weighted by Crippen LogP contribution is -2.51. The van der Waals surface area contributed by atoms with Crippen molar-refractivity contribution in [1.29, 1.82) is 0 Å². The molecule has 1 unspecified atom stereocenters. The van der Waals surface area contributed by atoms with E-state index in [2.05, 4.69) is 40.3 Å². The van der Waals surface area contributed by atoms with Crippen LogP contribution < -0.4 is 29.6 Å². The molecule has 56 heavy (non-hydrogen) atoms. The van der Waals surface area contributed by atoms with E-state index in [1.54, 1.807) is 36.8 Å². The molecule has 2 aliphatic heterocycles. The Kier molecular flexibility index (Phi) is 13.3. The number of sulfonamides is 2. The quantitative estimate of drug-likeness (QED) is 0.209. The van der Waals surface area contributed by atoms with Gasteiger partial charge in [-0.1, -0.05) is 31.2 Å². The molecule has 0 radical (unpaired) electrons. The van der Waals surface area contributed by atoms with Gasteiger partial charge in [0.25, 0.3) is 20.0 Å². The van der Waals surface area contributed by atoms with Crippen molar-refractivity contribution in [2.45, 2.75) is 31.0 Å². The van der Waals surface area contributed by atoms with Crippen LogP contribution in [0.5, 0.6) is 11.8 Å². The number of allylic oxidation sites excluding steroid dienone is 2. The van der Waals surface area contributed by atoms with Crippen LogP contribution in [0.1, 0.15) is 28.7 Å². The van der Waals surface area contributed by atoms with Crippen LogP contribution in [-0.4, -0.2) is 112 Å². The molecule has 1 atom stereocenters. The standard InChI is InChI=1S/C16H20N6O7S2.C15H16N4O5S/c1-4-30(24,25)13-14(22-8-6-5-7-10(22)17-13)31(26,27)21-16(23)20-15-18-11(28-2)9-12(19-15)29-3;1-9-8-10(2)17-14(16-9)18-15(21)19-25(22,23)12-7-5-4-6-11(12)13(20)24-3/h5-7,9,14H,4,8H2,1-3H3,(H2,18,19,20,21,23);4-8H,1-3H3,(H2,16,17,18,19,21). The van der Waals surface area contributed by atoms with E-state index in [9.17, 15) is 39.6 Å². The van der Waals surface area contributed by atoms with Gasteiger partial charge in [0.1, 0.15) is 10.7 Å². The van der Waals surface area contributed by atoms with E-state index in [0.717, 1.165) is 7.11 Å². The molecule has 2 aromatic heterocycles. The Labute approximate surface area is 321 Å². The zero-order valence-electron chi connectivity index (χ0n) is 30.5. The molecule has 300 valence electrons. The summed E-state index contributed by atoms with van der Waals surface area (Å²) >= 11 is 0. The van der Waals surface area contributed by atoms with Crippen molar-refractivity contribution in [3.8, 4) is 11.8 Å². The SMILES string of the molecule is CCS(=O)(=O)C1=NC2=CC=CCN2C1S(=O)(=O)NC(=O)Nc1nc(OC)cc(OC)n1.COC(=O)c1ccccc1S(=O)(=O)NC(=O)Nc1nc(C)cc(C)n1. The topological polar surface area (TPSA) is 297 Å². The summed E-state index contributed by atoms with van der Waals surface area (Å²) in [5, 5.41) is 2.15. The van der Waals surface area contributed by atoms with Gasteiger partial charge in [-0.15, -0.1) is 0 Å². The average molecular weight is 837 g/mol. The molecule has 22 nitrogen and oxygen atoms in total. The third-order valence-electron chi connectivity index (χ3n) is 7.26. The fraction of sp³-hybridized carbons (Fsp3) is 0.290. The fourth-order valence-corrected chi connectivity index (χ4v) is 9.01. The number of esters is 1. The van der Waals surface area contributed by atoms with Crippen LogP contribution in [0.4, 0.5) is 21.5 Å². The Balaban J connectivity index is 0.000000255. The number of benzene rings is 1. The van der Waals surface area contributed by atoms with E-state index < -0.39 is 58.3 Å². The summed E-state index contributed by atoms with van der Waals surface area (Å²) in [6.45, 7) is 4.89. The number of methoxy groups -OCH3 is 3. The third kappa shape index (κ3) is 10.3. The highest BCUT2D eigenvalue weighted by atomic mass is 32.2. The minimum atomic E-state index is -4.56. The summed E-state index contributed by atoms with van der Waals surface area (Å²) in [4.78, 5) is 56.6. The van der Waals surface area contributed by atoms with Gasteiger partial charge in [-0.3, -0.25) is 10.6 Å². The van der Waals surface area contributed by atoms with Crippen LogP contribution in [0.15, 0.2) is 70.3 Å². The molecule has 0 saturated heterocycles. The zero-order valence-corrected chi connectivity index (χ0v) is 32.9. The number of urea groups is 2. The number of carbonyl (C=O) groups is 3. The first-order valence-corrected chi connectivity index (χ1v) is 20.6. The zero-order chi connectivity index (χ0) is 41.4. The molecule has 4 N–H and O–H groups in total. The molecule has 1 aromatic carbocycles. The molecular weight excluding hydrogens is 801 g/mol. The van der Waals surface area contributed by atoms with E-state index in [-0.39, 0.29) is 52.2 Å². The van der Waals surface area contributed by atoms with Crippen molar-refractivity contribution in [1.82, 2.24) is 34.3 Å². The molecular formula is C31H36N10O12S3. The van der Waals surface area contributed by atoms with Gasteiger partial charge in [-0.25, -0.2) is 64.0 Å². The van der Waals surface area contributed by atoms with Gasteiger partial charge < -0.3 is 19.1 Å². The van der Waals surface area contributed by atoms with Gasteiger partial charge in [0.05, 0.1) is 38.7 Å². The number of sulfone groups is 1. The number of hydrogen-bond acceptors (Lipinski definition) is 18. The molecule has 4 heterocycles. The van der Waals surface area contributed by atoms with Crippen molar-refractivity contribution >= 4 is 64.9 Å². The summed E-state index contributed by atoms with van der Waals surface area (Å²) in [7, 11) is -9.03. The number of nitrogens with zero attached hydrogens (tertiary/aromatic N) is 6. The first-order valence-electron chi connectivity index (χ1n) is 15.9. The lowest BCUT2D eigenvalue weighted by atomic mass is 10.2. The van der Waals surface area contributed by atoms with E-state index in [4.69, 9.17) is 9.47 Å². The second-order valence-corrected chi connectivity index (χ2v) is 16.8. The van der Waals surface area contributed by atoms with Crippen LogP contribution in [0.3, 0.4) is 0 Å². The highest BCUT2D eigenvalue weighted by Crippen LogP contribution is 2.29. The van der Waals surface area contributed by atoms with Crippen LogP contribution in [0.2, 0.25) is 0 Å². The summed E-state index contributed by atoms with van der Waals surface area (Å²) in [6, 6.07) is 6.18. The van der Waals surface area contributed by atoms with Gasteiger partial charge in [0.2, 0.25) is 29.0 Å². The smallest absolute Gasteiger partial charge is 0.339 e. The first-order chi connectivity index (χ1) is 26.3. The van der Waals surface area contributed by atoms with Crippen LogP contribution in [0, 0.1) is 13.8 Å². The largest absolute Gasteiger partial charge is 0.481 e. The maximum absolute atomic E-state index is 13.0. The molecule has 0 fully saturated rings. The maximum Gasteiger partial charge on any atom is 0.339 e. The van der Waals surface area contributed by atoms with Gasteiger partial charge in [0, 0.05) is 17.9 Å². The first kappa shape index (κ1) is 42.5. The predicted octanol–water partition coefficient (Wildman–Crippen LogP) is 1.22. The molecule has 0 aliphatic carbocycles. The van der Waals surface area contributed by atoms with Gasteiger partial charge in [-0.05, 0) is 38.1 Å². The summed E-state index contributed by atoms with van der Waals surface area (Å²) in [5.74, 6) is -1.20. The number of hydrogen-bond donors (Lipinski definition) is 4. The van der Waals surface area contributed by atoms with Crippen molar-refractivity contribution in [3.05, 3.63) is 77.4 Å². The minimum Gasteiger partial charge on any atom is -0.481 e. The van der Waals surface area contributed by atoms with Crippen LogP contribution >= 0.6 is 0 Å². The molecule has 0 bridgehead atoms. The second-order valence-electron chi connectivity index (χ2n) is 11.2. The normalized spacial score (nSPS) is 14.8. The van der Waals surface area contributed by atoms with Crippen molar-refractivity contribution in [2.24, 2.45) is 4.99 Å². The van der Waals surface area contributed by atoms with Crippen molar-refractivity contribution in [3.63, 3.8) is 0 Å². The van der Waals surface area contributed by atoms with Gasteiger partial charge in [0.15, 0.2) is 14.9 Å². The summed E-state index contributed by atoms with van der Waals surface area (Å²) < 4.78 is 93.8. The summed E-state index contributed by atoms with van der Waals surface area (Å²) in [5.41, 5.74) is 1.04. The highest BCUT2D eigenvalue weighted by Gasteiger charge is 2.47. The number of nitrogens with one attached hydrogen (secondary N) is 4. The summed E-state index contributed by atoms with van der Waals surface area (Å²) in [6.07, 6.45) is 4.76. The Morgan fingerprint density at radius 3 is 1.96 bits per heavy atom. The highest BCUT2D eigenvalue weighted by molar-refractivity contribution is 8.08. The van der Waals surface area contributed by atoms with E-state index in [0.29, 0.717) is 11.4 Å². The molecule has 0 spiro atoms. The number of carbonyl (C=O) groups excluding carboxylic acids is 3. The Hall–Kier alpha value is -6.21. The fourth-order valence-electron chi connectivity index (χ4n) is 4.85. The maximum atomic E-state index is 13.0. The number of anilines is 2. The number of aliphatic imine (C=N–C) groups is 1. The van der Waals surface area contributed by atoms with Gasteiger partial charge in [-0.2, -0.15) is 9.97 Å². The van der Waals surface area contributed by atoms with Crippen LogP contribution in [-0.2, 0) is 34.6 Å². The predicted molar refractivity (Wildman–Crippen MR) is 199 cm³/mol. The van der Waals surface area contributed by atoms with Crippen molar-refractivity contribution < 1.29 is 53.8 Å². The monoisotopic (exact) mass is 836 g/mol. The Morgan fingerprint density at radius 1 is 0.821 bits per heavy atom. The van der Waals surface area contributed by atoms with Crippen LogP contribution in [0.25, 0.3) is 0 Å². The number of aryl methyl sites for hydroxylation is 2. The molecule has 3 aromatic rings. The number of fused-ring (bicyclic) bond motifs is 1. The Bertz CT molecular complexity index is 2410. The van der Waals surface area contributed by atoms with E-state index in [1.807, 2.05) is 4.72 Å². The molecule has 2 aliphatic rings. The molecule has 5 rings (SSSR count). The van der Waals surface area contributed by atoms with Gasteiger partial charge >= 0.3 is 18.0 Å². The number of rotatable bonds is 10. The lowest BCUT2D eigenvalue weighted by molar-refractivity contribution is 0.0596. The molecule has 25 heteroatoms. The van der Waals surface area contributed by atoms with Crippen molar-refractivity contribution in [2.75, 3.05) is 44.3 Å². The third-order valence-corrected chi connectivity index (χ3v) is 12.0. The second kappa shape index (κ2) is 17.5. The average Bonchev–Trinajstić information content (AvgIpc) is 3.55. The number of aromatic nitrogens is 4.